The molecular formula is C20H16. The van der Waals surface area contributed by atoms with Crippen LogP contribution in [0.1, 0.15) is 22.6 Å². The summed E-state index contributed by atoms with van der Waals surface area (Å²) in [6.07, 6.45) is 1.09. The minimum Gasteiger partial charge on any atom is -0.0622 e. The number of rotatable bonds is 1. The van der Waals surface area contributed by atoms with E-state index in [1.54, 1.807) is 0 Å². The van der Waals surface area contributed by atoms with Crippen LogP contribution in [0.4, 0.5) is 0 Å². The molecule has 0 heteroatoms. The molecule has 96 valence electrons. The zero-order valence-corrected chi connectivity index (χ0v) is 11.3. The van der Waals surface area contributed by atoms with Crippen molar-refractivity contribution < 1.29 is 0 Å². The standard InChI is InChI=1S/C20H16/c1-2-8-15(9-3-1)20-14-16-10-4-5-11-17(16)18-12-6-7-13-19(18)20/h1-13,20H,14H2. The second-order valence-electron chi connectivity index (χ2n) is 5.41. The fraction of sp³-hybridized carbons (Fsp3) is 0.100. The molecule has 0 aliphatic heterocycles. The molecule has 4 rings (SSSR count). The monoisotopic (exact) mass is 256 g/mol. The topological polar surface area (TPSA) is 0 Å². The molecule has 1 aliphatic rings. The molecule has 0 nitrogen and oxygen atoms in total. The molecule has 3 aromatic rings. The lowest BCUT2D eigenvalue weighted by Crippen LogP contribution is -2.12. The van der Waals surface area contributed by atoms with E-state index in [-0.39, 0.29) is 0 Å². The van der Waals surface area contributed by atoms with Gasteiger partial charge in [-0.25, -0.2) is 0 Å². The van der Waals surface area contributed by atoms with Gasteiger partial charge >= 0.3 is 0 Å². The SMILES string of the molecule is c1ccc(C2Cc3ccccc3-c3ccccc32)cc1. The smallest absolute Gasteiger partial charge is 0.0136 e. The Morgan fingerprint density at radius 2 is 1.25 bits per heavy atom. The predicted octanol–water partition coefficient (Wildman–Crippen LogP) is 5.04. The van der Waals surface area contributed by atoms with Crippen molar-refractivity contribution in [3.63, 3.8) is 0 Å². The highest BCUT2D eigenvalue weighted by Gasteiger charge is 2.24. The number of benzene rings is 3. The van der Waals surface area contributed by atoms with E-state index in [9.17, 15) is 0 Å². The summed E-state index contributed by atoms with van der Waals surface area (Å²) in [5.74, 6) is 0.474. The van der Waals surface area contributed by atoms with Crippen LogP contribution in [0, 0.1) is 0 Å². The molecule has 1 unspecified atom stereocenters. The molecule has 0 saturated carbocycles. The molecule has 3 aromatic carbocycles. The highest BCUT2D eigenvalue weighted by Crippen LogP contribution is 2.42. The predicted molar refractivity (Wildman–Crippen MR) is 83.9 cm³/mol. The van der Waals surface area contributed by atoms with E-state index in [2.05, 4.69) is 78.9 Å². The van der Waals surface area contributed by atoms with E-state index in [0.717, 1.165) is 6.42 Å². The minimum absolute atomic E-state index is 0.474. The second-order valence-corrected chi connectivity index (χ2v) is 5.41. The van der Waals surface area contributed by atoms with Crippen LogP contribution in [-0.2, 0) is 6.42 Å². The molecule has 1 atom stereocenters. The number of hydrogen-bond donors (Lipinski definition) is 0. The maximum atomic E-state index is 2.28. The highest BCUT2D eigenvalue weighted by atomic mass is 14.3. The van der Waals surface area contributed by atoms with Gasteiger partial charge in [0, 0.05) is 5.92 Å². The Kier molecular flexibility index (Phi) is 2.67. The lowest BCUT2D eigenvalue weighted by atomic mass is 9.76. The van der Waals surface area contributed by atoms with Gasteiger partial charge in [0.2, 0.25) is 0 Å². The lowest BCUT2D eigenvalue weighted by Gasteiger charge is -2.28. The van der Waals surface area contributed by atoms with E-state index >= 15 is 0 Å². The molecule has 1 aliphatic carbocycles. The fourth-order valence-corrected chi connectivity index (χ4v) is 3.32. The maximum absolute atomic E-state index is 2.28. The van der Waals surface area contributed by atoms with Crippen molar-refractivity contribution >= 4 is 0 Å². The van der Waals surface area contributed by atoms with Gasteiger partial charge in [-0.3, -0.25) is 0 Å². The van der Waals surface area contributed by atoms with Gasteiger partial charge in [-0.1, -0.05) is 78.9 Å². The molecule has 0 radical (unpaired) electrons. The van der Waals surface area contributed by atoms with Gasteiger partial charge in [-0.05, 0) is 34.2 Å². The first kappa shape index (κ1) is 11.5. The van der Waals surface area contributed by atoms with Crippen molar-refractivity contribution in [1.29, 1.82) is 0 Å². The molecule has 0 N–H and O–H groups in total. The van der Waals surface area contributed by atoms with Crippen molar-refractivity contribution in [1.82, 2.24) is 0 Å². The Hall–Kier alpha value is -2.34. The third-order valence-electron chi connectivity index (χ3n) is 4.27. The van der Waals surface area contributed by atoms with Crippen molar-refractivity contribution in [2.24, 2.45) is 0 Å². The zero-order valence-electron chi connectivity index (χ0n) is 11.3. The molecule has 0 amide bonds. The van der Waals surface area contributed by atoms with Gasteiger partial charge in [0.1, 0.15) is 0 Å². The first-order valence-electron chi connectivity index (χ1n) is 7.15. The largest absolute Gasteiger partial charge is 0.0622 e. The van der Waals surface area contributed by atoms with Crippen molar-refractivity contribution in [3.8, 4) is 11.1 Å². The van der Waals surface area contributed by atoms with E-state index in [0.29, 0.717) is 5.92 Å². The van der Waals surface area contributed by atoms with Gasteiger partial charge in [-0.2, -0.15) is 0 Å². The normalized spacial score (nSPS) is 16.3. The van der Waals surface area contributed by atoms with Gasteiger partial charge in [-0.15, -0.1) is 0 Å². The third kappa shape index (κ3) is 1.77. The summed E-state index contributed by atoms with van der Waals surface area (Å²) in [6, 6.07) is 28.5. The summed E-state index contributed by atoms with van der Waals surface area (Å²) in [4.78, 5) is 0. The Morgan fingerprint density at radius 3 is 2.10 bits per heavy atom. The highest BCUT2D eigenvalue weighted by molar-refractivity contribution is 5.74. The van der Waals surface area contributed by atoms with Gasteiger partial charge in [0.05, 0.1) is 0 Å². The van der Waals surface area contributed by atoms with E-state index in [1.807, 2.05) is 0 Å². The van der Waals surface area contributed by atoms with Crippen LogP contribution in [0.25, 0.3) is 11.1 Å². The lowest BCUT2D eigenvalue weighted by molar-refractivity contribution is 0.794. The molecule has 0 heterocycles. The minimum atomic E-state index is 0.474. The van der Waals surface area contributed by atoms with Crippen molar-refractivity contribution in [2.45, 2.75) is 12.3 Å². The molecule has 20 heavy (non-hydrogen) atoms. The Bertz CT molecular complexity index is 741. The molecule has 0 aromatic heterocycles. The summed E-state index contributed by atoms with van der Waals surface area (Å²) in [6.45, 7) is 0. The Balaban J connectivity index is 1.93. The van der Waals surface area contributed by atoms with Crippen LogP contribution in [-0.4, -0.2) is 0 Å². The van der Waals surface area contributed by atoms with Gasteiger partial charge in [0.25, 0.3) is 0 Å². The Labute approximate surface area is 119 Å². The average Bonchev–Trinajstić information content (AvgIpc) is 2.55. The average molecular weight is 256 g/mol. The molecule has 0 spiro atoms. The molecule has 0 saturated heterocycles. The van der Waals surface area contributed by atoms with Crippen molar-refractivity contribution in [2.75, 3.05) is 0 Å². The van der Waals surface area contributed by atoms with E-state index < -0.39 is 0 Å². The van der Waals surface area contributed by atoms with Gasteiger partial charge < -0.3 is 0 Å². The summed E-state index contributed by atoms with van der Waals surface area (Å²) in [5.41, 5.74) is 7.12. The van der Waals surface area contributed by atoms with Crippen LogP contribution in [0.5, 0.6) is 0 Å². The molecular weight excluding hydrogens is 240 g/mol. The van der Waals surface area contributed by atoms with Crippen LogP contribution < -0.4 is 0 Å². The first-order valence-corrected chi connectivity index (χ1v) is 7.15. The van der Waals surface area contributed by atoms with E-state index in [4.69, 9.17) is 0 Å². The third-order valence-corrected chi connectivity index (χ3v) is 4.27. The first-order chi connectivity index (χ1) is 9.93. The quantitative estimate of drug-likeness (QED) is 0.572. The fourth-order valence-electron chi connectivity index (χ4n) is 3.32. The maximum Gasteiger partial charge on any atom is 0.0136 e. The van der Waals surface area contributed by atoms with Crippen LogP contribution in [0.15, 0.2) is 78.9 Å². The second kappa shape index (κ2) is 4.64. The van der Waals surface area contributed by atoms with Crippen LogP contribution in [0.3, 0.4) is 0 Å². The molecule has 0 bridgehead atoms. The number of fused-ring (bicyclic) bond motifs is 3. The summed E-state index contributed by atoms with van der Waals surface area (Å²) in [7, 11) is 0. The summed E-state index contributed by atoms with van der Waals surface area (Å²) < 4.78 is 0. The van der Waals surface area contributed by atoms with E-state index in [1.165, 1.54) is 27.8 Å². The van der Waals surface area contributed by atoms with Gasteiger partial charge in [0.15, 0.2) is 0 Å². The summed E-state index contributed by atoms with van der Waals surface area (Å²) >= 11 is 0. The molecule has 0 fully saturated rings. The van der Waals surface area contributed by atoms with Crippen LogP contribution >= 0.6 is 0 Å². The zero-order chi connectivity index (χ0) is 13.4. The number of hydrogen-bond acceptors (Lipinski definition) is 0. The summed E-state index contributed by atoms with van der Waals surface area (Å²) in [5, 5.41) is 0. The Morgan fingerprint density at radius 1 is 0.600 bits per heavy atom. The van der Waals surface area contributed by atoms with Crippen LogP contribution in [0.2, 0.25) is 0 Å². The van der Waals surface area contributed by atoms with Crippen molar-refractivity contribution in [3.05, 3.63) is 95.6 Å².